The average molecular weight is 370 g/mol. The van der Waals surface area contributed by atoms with E-state index in [-0.39, 0.29) is 24.0 Å². The molecule has 0 spiro atoms. The van der Waals surface area contributed by atoms with Gasteiger partial charge in [-0.25, -0.2) is 4.98 Å². The Hall–Kier alpha value is -3.16. The summed E-state index contributed by atoms with van der Waals surface area (Å²) < 4.78 is 5.32. The normalized spacial score (nSPS) is 13.9. The first-order chi connectivity index (χ1) is 13.1. The van der Waals surface area contributed by atoms with Crippen LogP contribution in [0, 0.1) is 10.1 Å². The summed E-state index contributed by atoms with van der Waals surface area (Å²) in [5.41, 5.74) is 0.781. The maximum Gasteiger partial charge on any atom is 0.310 e. The highest BCUT2D eigenvalue weighted by atomic mass is 16.6. The number of nitrogens with one attached hydrogen (secondary N) is 1. The van der Waals surface area contributed by atoms with Crippen molar-refractivity contribution in [3.05, 3.63) is 58.3 Å². The summed E-state index contributed by atoms with van der Waals surface area (Å²) in [6.07, 6.45) is 5.28. The second-order valence-electron chi connectivity index (χ2n) is 6.32. The molecule has 8 heteroatoms. The van der Waals surface area contributed by atoms with E-state index >= 15 is 0 Å². The van der Waals surface area contributed by atoms with E-state index < -0.39 is 4.92 Å². The molecule has 1 aromatic carbocycles. The molecule has 1 fully saturated rings. The van der Waals surface area contributed by atoms with Crippen LogP contribution >= 0.6 is 0 Å². The molecule has 0 radical (unpaired) electrons. The second kappa shape index (κ2) is 8.98. The van der Waals surface area contributed by atoms with Crippen molar-refractivity contribution >= 4 is 17.4 Å². The molecule has 1 aliphatic rings. The Kier molecular flexibility index (Phi) is 6.19. The van der Waals surface area contributed by atoms with Crippen LogP contribution in [0.1, 0.15) is 24.8 Å². The fourth-order valence-electron chi connectivity index (χ4n) is 3.08. The molecule has 0 unspecified atom stereocenters. The van der Waals surface area contributed by atoms with Crippen LogP contribution in [0.4, 0.5) is 11.5 Å². The lowest BCUT2D eigenvalue weighted by molar-refractivity contribution is -0.385. The third-order valence-corrected chi connectivity index (χ3v) is 4.42. The minimum absolute atomic E-state index is 0.0769. The van der Waals surface area contributed by atoms with Gasteiger partial charge in [-0.2, -0.15) is 0 Å². The van der Waals surface area contributed by atoms with Gasteiger partial charge < -0.3 is 15.0 Å². The molecule has 0 atom stereocenters. The van der Waals surface area contributed by atoms with Crippen molar-refractivity contribution < 1.29 is 14.5 Å². The summed E-state index contributed by atoms with van der Waals surface area (Å²) in [5.74, 6) is 0.631. The standard InChI is InChI=1S/C19H22N4O4/c24-18(14-27-17-9-3-2-8-16(17)23(25)26)21-13-15-7-6-10-20-19(15)22-11-4-1-5-12-22/h2-3,6-10H,1,4-5,11-14H2,(H,21,24). The number of ether oxygens (including phenoxy) is 1. The van der Waals surface area contributed by atoms with E-state index in [0.717, 1.165) is 37.3 Å². The summed E-state index contributed by atoms with van der Waals surface area (Å²) in [5, 5.41) is 13.8. The molecule has 142 valence electrons. The summed E-state index contributed by atoms with van der Waals surface area (Å²) in [4.78, 5) is 29.3. The van der Waals surface area contributed by atoms with Gasteiger partial charge in [0.1, 0.15) is 5.82 Å². The first-order valence-corrected chi connectivity index (χ1v) is 8.97. The fourth-order valence-corrected chi connectivity index (χ4v) is 3.08. The number of hydrogen-bond donors (Lipinski definition) is 1. The summed E-state index contributed by atoms with van der Waals surface area (Å²) >= 11 is 0. The van der Waals surface area contributed by atoms with Crippen LogP contribution < -0.4 is 15.0 Å². The molecule has 0 bridgehead atoms. The van der Waals surface area contributed by atoms with Crippen molar-refractivity contribution in [3.63, 3.8) is 0 Å². The smallest absolute Gasteiger partial charge is 0.310 e. The molecule has 2 aromatic rings. The predicted octanol–water partition coefficient (Wildman–Crippen LogP) is 2.68. The Morgan fingerprint density at radius 1 is 1.19 bits per heavy atom. The molecule has 1 N–H and O–H groups in total. The van der Waals surface area contributed by atoms with Gasteiger partial charge in [0.05, 0.1) is 4.92 Å². The number of rotatable bonds is 7. The van der Waals surface area contributed by atoms with E-state index in [1.165, 1.54) is 18.6 Å². The number of anilines is 1. The number of nitro benzene ring substituents is 1. The van der Waals surface area contributed by atoms with Gasteiger partial charge in [-0.05, 0) is 31.4 Å². The molecule has 0 aliphatic carbocycles. The number of carbonyl (C=O) groups is 1. The number of aromatic nitrogens is 1. The molecule has 2 heterocycles. The number of nitrogens with zero attached hydrogens (tertiary/aromatic N) is 3. The molecule has 8 nitrogen and oxygen atoms in total. The zero-order valence-corrected chi connectivity index (χ0v) is 15.0. The Morgan fingerprint density at radius 2 is 1.96 bits per heavy atom. The van der Waals surface area contributed by atoms with E-state index in [1.54, 1.807) is 18.3 Å². The van der Waals surface area contributed by atoms with Gasteiger partial charge in [0.15, 0.2) is 12.4 Å². The average Bonchev–Trinajstić information content (AvgIpc) is 2.71. The van der Waals surface area contributed by atoms with E-state index in [0.29, 0.717) is 6.54 Å². The Morgan fingerprint density at radius 3 is 2.74 bits per heavy atom. The molecule has 1 saturated heterocycles. The number of piperidine rings is 1. The van der Waals surface area contributed by atoms with Crippen molar-refractivity contribution in [2.45, 2.75) is 25.8 Å². The van der Waals surface area contributed by atoms with Crippen molar-refractivity contribution in [1.82, 2.24) is 10.3 Å². The molecule has 1 amide bonds. The third kappa shape index (κ3) is 4.93. The molecular weight excluding hydrogens is 348 g/mol. The van der Waals surface area contributed by atoms with Gasteiger partial charge in [-0.1, -0.05) is 18.2 Å². The lowest BCUT2D eigenvalue weighted by atomic mass is 10.1. The lowest BCUT2D eigenvalue weighted by Crippen LogP contribution is -2.33. The number of hydrogen-bond acceptors (Lipinski definition) is 6. The predicted molar refractivity (Wildman–Crippen MR) is 101 cm³/mol. The van der Waals surface area contributed by atoms with Crippen molar-refractivity contribution in [3.8, 4) is 5.75 Å². The van der Waals surface area contributed by atoms with E-state index in [1.807, 2.05) is 12.1 Å². The van der Waals surface area contributed by atoms with Crippen LogP contribution in [0.3, 0.4) is 0 Å². The Labute approximate surface area is 157 Å². The van der Waals surface area contributed by atoms with Gasteiger partial charge in [-0.15, -0.1) is 0 Å². The van der Waals surface area contributed by atoms with E-state index in [4.69, 9.17) is 4.74 Å². The summed E-state index contributed by atoms with van der Waals surface area (Å²) in [6, 6.07) is 9.78. The first kappa shape index (κ1) is 18.6. The molecular formula is C19H22N4O4. The summed E-state index contributed by atoms with van der Waals surface area (Å²) in [7, 11) is 0. The van der Waals surface area contributed by atoms with Crippen LogP contribution in [0.5, 0.6) is 5.75 Å². The number of amides is 1. The Balaban J connectivity index is 1.56. The second-order valence-corrected chi connectivity index (χ2v) is 6.32. The highest BCUT2D eigenvalue weighted by Gasteiger charge is 2.17. The minimum Gasteiger partial charge on any atom is -0.477 e. The number of pyridine rings is 1. The number of benzene rings is 1. The highest BCUT2D eigenvalue weighted by molar-refractivity contribution is 5.77. The number of para-hydroxylation sites is 2. The SMILES string of the molecule is O=C(COc1ccccc1[N+](=O)[O-])NCc1cccnc1N1CCCCC1. The van der Waals surface area contributed by atoms with Crippen LogP contribution in [0.25, 0.3) is 0 Å². The first-order valence-electron chi connectivity index (χ1n) is 8.97. The van der Waals surface area contributed by atoms with Crippen LogP contribution in [-0.2, 0) is 11.3 Å². The van der Waals surface area contributed by atoms with Gasteiger partial charge in [0.2, 0.25) is 0 Å². The van der Waals surface area contributed by atoms with Crippen LogP contribution in [-0.4, -0.2) is 35.5 Å². The lowest BCUT2D eigenvalue weighted by Gasteiger charge is -2.29. The van der Waals surface area contributed by atoms with Gasteiger partial charge in [0.25, 0.3) is 5.91 Å². The highest BCUT2D eigenvalue weighted by Crippen LogP contribution is 2.25. The van der Waals surface area contributed by atoms with Crippen molar-refractivity contribution in [1.29, 1.82) is 0 Å². The maximum atomic E-state index is 12.1. The molecule has 1 aromatic heterocycles. The molecule has 27 heavy (non-hydrogen) atoms. The zero-order valence-electron chi connectivity index (χ0n) is 15.0. The number of carbonyl (C=O) groups excluding carboxylic acids is 1. The third-order valence-electron chi connectivity index (χ3n) is 4.42. The summed E-state index contributed by atoms with van der Waals surface area (Å²) in [6.45, 7) is 1.99. The van der Waals surface area contributed by atoms with Crippen molar-refractivity contribution in [2.24, 2.45) is 0 Å². The monoisotopic (exact) mass is 370 g/mol. The Bertz CT molecular complexity index is 806. The van der Waals surface area contributed by atoms with Crippen LogP contribution in [0.15, 0.2) is 42.6 Å². The number of nitro groups is 1. The van der Waals surface area contributed by atoms with Crippen molar-refractivity contribution in [2.75, 3.05) is 24.6 Å². The molecule has 0 saturated carbocycles. The largest absolute Gasteiger partial charge is 0.477 e. The fraction of sp³-hybridized carbons (Fsp3) is 0.368. The van der Waals surface area contributed by atoms with E-state index in [2.05, 4.69) is 15.2 Å². The topological polar surface area (TPSA) is 97.6 Å². The van der Waals surface area contributed by atoms with Gasteiger partial charge in [0, 0.05) is 37.5 Å². The van der Waals surface area contributed by atoms with Gasteiger partial charge in [-0.3, -0.25) is 14.9 Å². The minimum atomic E-state index is -0.534. The van der Waals surface area contributed by atoms with Crippen LogP contribution in [0.2, 0.25) is 0 Å². The molecule has 1 aliphatic heterocycles. The quantitative estimate of drug-likeness (QED) is 0.594. The maximum absolute atomic E-state index is 12.1. The zero-order chi connectivity index (χ0) is 19.1. The molecule has 3 rings (SSSR count). The van der Waals surface area contributed by atoms with Gasteiger partial charge >= 0.3 is 5.69 Å². The van der Waals surface area contributed by atoms with E-state index in [9.17, 15) is 14.9 Å².